The van der Waals surface area contributed by atoms with Gasteiger partial charge in [-0.3, -0.25) is 19.3 Å². The van der Waals surface area contributed by atoms with Crippen molar-refractivity contribution in [2.45, 2.75) is 51.5 Å². The van der Waals surface area contributed by atoms with Crippen LogP contribution in [-0.2, 0) is 43.0 Å². The van der Waals surface area contributed by atoms with Gasteiger partial charge in [-0.2, -0.15) is 0 Å². The summed E-state index contributed by atoms with van der Waals surface area (Å²) in [5.74, 6) is -2.27. The van der Waals surface area contributed by atoms with Gasteiger partial charge in [-0.1, -0.05) is 5.16 Å². The van der Waals surface area contributed by atoms with E-state index in [-0.39, 0.29) is 34.7 Å². The molecule has 0 saturated carbocycles. The third-order valence-corrected chi connectivity index (χ3v) is 7.24. The van der Waals surface area contributed by atoms with Crippen molar-refractivity contribution in [1.29, 1.82) is 0 Å². The summed E-state index contributed by atoms with van der Waals surface area (Å²) in [4.78, 5) is 72.6. The summed E-state index contributed by atoms with van der Waals surface area (Å²) >= 11 is 2.39. The molecule has 0 unspecified atom stereocenters. The zero-order valence-corrected chi connectivity index (χ0v) is 24.2. The first-order chi connectivity index (χ1) is 19.0. The number of carbonyl (C=O) groups excluding carboxylic acids is 5. The highest BCUT2D eigenvalue weighted by Gasteiger charge is 2.55. The summed E-state index contributed by atoms with van der Waals surface area (Å²) in [7, 11) is 2.68. The summed E-state index contributed by atoms with van der Waals surface area (Å²) in [6, 6.07) is -1.01. The number of aromatic nitrogens is 1. The molecule has 2 N–H and O–H groups in total. The molecule has 3 atom stereocenters. The molecule has 17 heteroatoms. The number of nitrogens with one attached hydrogen (secondary N) is 2. The van der Waals surface area contributed by atoms with E-state index < -0.39 is 47.7 Å². The summed E-state index contributed by atoms with van der Waals surface area (Å²) in [6.07, 6.45) is -2.75. The number of hydrogen-bond acceptors (Lipinski definition) is 14. The summed E-state index contributed by atoms with van der Waals surface area (Å²) in [5.41, 5.74) is 0.346. The maximum absolute atomic E-state index is 13.2. The maximum Gasteiger partial charge on any atom is 0.511 e. The third kappa shape index (κ3) is 7.28. The second kappa shape index (κ2) is 13.6. The van der Waals surface area contributed by atoms with Gasteiger partial charge >= 0.3 is 12.1 Å². The van der Waals surface area contributed by atoms with E-state index in [4.69, 9.17) is 23.8 Å². The van der Waals surface area contributed by atoms with Gasteiger partial charge in [-0.25, -0.2) is 14.6 Å². The lowest BCUT2D eigenvalue weighted by Gasteiger charge is -2.49. The number of oxime groups is 1. The van der Waals surface area contributed by atoms with E-state index in [2.05, 4.69) is 20.8 Å². The minimum absolute atomic E-state index is 0.0424. The topological polar surface area (TPSA) is 184 Å². The van der Waals surface area contributed by atoms with Crippen molar-refractivity contribution in [1.82, 2.24) is 15.2 Å². The lowest BCUT2D eigenvalue weighted by atomic mass is 10.0. The number of ether oxygens (including phenoxy) is 4. The second-order valence-electron chi connectivity index (χ2n) is 8.60. The van der Waals surface area contributed by atoms with Crippen molar-refractivity contribution in [3.05, 3.63) is 22.3 Å². The molecule has 218 valence electrons. The zero-order valence-electron chi connectivity index (χ0n) is 22.5. The number of esters is 1. The minimum Gasteiger partial charge on any atom is -0.431 e. The largest absolute Gasteiger partial charge is 0.511 e. The van der Waals surface area contributed by atoms with E-state index in [1.54, 1.807) is 13.8 Å². The van der Waals surface area contributed by atoms with E-state index >= 15 is 0 Å². The van der Waals surface area contributed by atoms with Gasteiger partial charge in [-0.05, 0) is 19.4 Å². The molecule has 40 heavy (non-hydrogen) atoms. The fourth-order valence-electron chi connectivity index (χ4n) is 3.64. The predicted octanol–water partition coefficient (Wildman–Crippen LogP) is 1.20. The molecule has 3 rings (SSSR count). The lowest BCUT2D eigenvalue weighted by molar-refractivity contribution is -0.169. The van der Waals surface area contributed by atoms with Crippen LogP contribution in [0.1, 0.15) is 33.4 Å². The van der Waals surface area contributed by atoms with Crippen LogP contribution in [0.5, 0.6) is 0 Å². The molecule has 0 aliphatic carbocycles. The Bertz CT molecular complexity index is 1230. The Balaban J connectivity index is 1.74. The number of rotatable bonds is 11. The van der Waals surface area contributed by atoms with E-state index in [9.17, 15) is 24.0 Å². The van der Waals surface area contributed by atoms with Crippen LogP contribution >= 0.6 is 23.1 Å². The molecule has 2 aliphatic heterocycles. The molecule has 1 fully saturated rings. The molecule has 2 aliphatic rings. The number of thioether (sulfide) groups is 1. The van der Waals surface area contributed by atoms with Crippen molar-refractivity contribution in [3.8, 4) is 0 Å². The van der Waals surface area contributed by atoms with Gasteiger partial charge in [0.25, 0.3) is 11.8 Å². The normalized spacial score (nSPS) is 19.3. The molecule has 1 aromatic heterocycles. The van der Waals surface area contributed by atoms with Crippen molar-refractivity contribution < 1.29 is 47.8 Å². The smallest absolute Gasteiger partial charge is 0.431 e. The van der Waals surface area contributed by atoms with Crippen molar-refractivity contribution in [2.75, 3.05) is 31.9 Å². The molecule has 15 nitrogen and oxygen atoms in total. The standard InChI is InChI=1S/C23H29N5O10S2/c1-10(2)36-23(33)38-12(4)37-21(32)17-13(7-34-5)8-39-20-16(19(31)28(17)20)26-18(30)15(27-35-6)14-9-40-22(25-14)24-11(3)29/h9-10,12,16,20H,7-8H2,1-6H3,(H,26,30)(H,24,25,29)/b27-15+/t12-,16-,20-/m1/s1. The Hall–Kier alpha value is -3.70. The van der Waals surface area contributed by atoms with Gasteiger partial charge in [0, 0.05) is 32.1 Å². The van der Waals surface area contributed by atoms with Gasteiger partial charge < -0.3 is 34.4 Å². The van der Waals surface area contributed by atoms with E-state index in [0.29, 0.717) is 11.3 Å². The molecular formula is C23H29N5O10S2. The van der Waals surface area contributed by atoms with Crippen LogP contribution in [0.2, 0.25) is 0 Å². The Morgan fingerprint density at radius 3 is 2.52 bits per heavy atom. The van der Waals surface area contributed by atoms with Crippen LogP contribution in [0, 0.1) is 0 Å². The molecular weight excluding hydrogens is 570 g/mol. The zero-order chi connectivity index (χ0) is 29.6. The van der Waals surface area contributed by atoms with Crippen molar-refractivity contribution in [3.63, 3.8) is 0 Å². The first kappa shape index (κ1) is 30.8. The van der Waals surface area contributed by atoms with E-state index in [1.165, 1.54) is 50.1 Å². The SMILES string of the molecule is COCC1=C(C(=O)O[C@@H](C)OC(=O)OC(C)C)N2C(=O)[C@@H](NC(=O)/C(=N/OC)c3csc(NC(C)=O)n3)[C@H]2SC1. The number of β-lactam (4-membered cyclic amide) rings is 1. The van der Waals surface area contributed by atoms with Gasteiger partial charge in [0.15, 0.2) is 10.8 Å². The highest BCUT2D eigenvalue weighted by atomic mass is 32.2. The Morgan fingerprint density at radius 1 is 1.18 bits per heavy atom. The molecule has 3 amide bonds. The minimum atomic E-state index is -1.30. The number of fused-ring (bicyclic) bond motifs is 1. The summed E-state index contributed by atoms with van der Waals surface area (Å²) < 4.78 is 20.3. The fourth-order valence-corrected chi connectivity index (χ4v) is 5.71. The highest BCUT2D eigenvalue weighted by molar-refractivity contribution is 8.00. The quantitative estimate of drug-likeness (QED) is 0.122. The highest BCUT2D eigenvalue weighted by Crippen LogP contribution is 2.41. The predicted molar refractivity (Wildman–Crippen MR) is 142 cm³/mol. The first-order valence-corrected chi connectivity index (χ1v) is 13.8. The van der Waals surface area contributed by atoms with Gasteiger partial charge in [0.05, 0.1) is 12.7 Å². The average molecular weight is 600 g/mol. The van der Waals surface area contributed by atoms with E-state index in [1.807, 2.05) is 0 Å². The Labute approximate surface area is 237 Å². The van der Waals surface area contributed by atoms with Crippen molar-refractivity contribution >= 4 is 63.8 Å². The third-order valence-electron chi connectivity index (χ3n) is 5.14. The molecule has 1 saturated heterocycles. The van der Waals surface area contributed by atoms with Gasteiger partial charge in [-0.15, -0.1) is 23.1 Å². The molecule has 0 spiro atoms. The molecule has 0 aromatic carbocycles. The number of amides is 3. The number of carbonyl (C=O) groups is 5. The number of methoxy groups -OCH3 is 1. The van der Waals surface area contributed by atoms with Crippen LogP contribution in [0.15, 0.2) is 21.8 Å². The maximum atomic E-state index is 13.2. The van der Waals surface area contributed by atoms with Crippen LogP contribution in [0.4, 0.5) is 9.93 Å². The number of hydrogen-bond donors (Lipinski definition) is 2. The van der Waals surface area contributed by atoms with Gasteiger partial charge in [0.2, 0.25) is 12.2 Å². The number of nitrogens with zero attached hydrogens (tertiary/aromatic N) is 3. The summed E-state index contributed by atoms with van der Waals surface area (Å²) in [5, 5.41) is 9.97. The Kier molecular flexibility index (Phi) is 10.5. The molecule has 0 radical (unpaired) electrons. The van der Waals surface area contributed by atoms with Crippen LogP contribution in [0.3, 0.4) is 0 Å². The van der Waals surface area contributed by atoms with Crippen LogP contribution < -0.4 is 10.6 Å². The molecule has 1 aromatic rings. The van der Waals surface area contributed by atoms with Crippen LogP contribution in [0.25, 0.3) is 0 Å². The Morgan fingerprint density at radius 2 is 1.90 bits per heavy atom. The lowest BCUT2D eigenvalue weighted by Crippen LogP contribution is -2.71. The molecule has 0 bridgehead atoms. The van der Waals surface area contributed by atoms with Gasteiger partial charge in [0.1, 0.15) is 29.9 Å². The first-order valence-electron chi connectivity index (χ1n) is 11.9. The number of thiazole rings is 1. The summed E-state index contributed by atoms with van der Waals surface area (Å²) in [6.45, 7) is 5.96. The van der Waals surface area contributed by atoms with Crippen molar-refractivity contribution in [2.24, 2.45) is 5.16 Å². The molecule has 3 heterocycles. The second-order valence-corrected chi connectivity index (χ2v) is 10.6. The average Bonchev–Trinajstić information content (AvgIpc) is 3.31. The monoisotopic (exact) mass is 599 g/mol. The van der Waals surface area contributed by atoms with E-state index in [0.717, 1.165) is 11.3 Å². The fraction of sp³-hybridized carbons (Fsp3) is 0.522. The van der Waals surface area contributed by atoms with Crippen LogP contribution in [-0.4, -0.2) is 95.8 Å². The number of anilines is 1.